The summed E-state index contributed by atoms with van der Waals surface area (Å²) in [6.45, 7) is -1.11. The summed E-state index contributed by atoms with van der Waals surface area (Å²) in [6.07, 6.45) is -16.1. The predicted octanol–water partition coefficient (Wildman–Crippen LogP) is -2.94. The molecule has 2 saturated heterocycles. The zero-order chi connectivity index (χ0) is 24.0. The second-order valence-electron chi connectivity index (χ2n) is 7.18. The predicted molar refractivity (Wildman–Crippen MR) is 108 cm³/mol. The molecular weight excluding hydrogens is 500 g/mol. The first kappa shape index (κ1) is 28.4. The van der Waals surface area contributed by atoms with Crippen LogP contribution in [0.1, 0.15) is 0 Å². The van der Waals surface area contributed by atoms with Crippen LogP contribution in [0.3, 0.4) is 0 Å². The van der Waals surface area contributed by atoms with Crippen molar-refractivity contribution in [3.63, 3.8) is 0 Å². The van der Waals surface area contributed by atoms with Crippen LogP contribution in [0.15, 0.2) is 0 Å². The molecule has 13 nitrogen and oxygen atoms in total. The highest BCUT2D eigenvalue weighted by atomic mass is 35.5. The number of aliphatic hydroxyl groups is 7. The van der Waals surface area contributed by atoms with Gasteiger partial charge >= 0.3 is 8.18 Å². The number of hydrogen-bond acceptors (Lipinski definition) is 12. The van der Waals surface area contributed by atoms with Crippen molar-refractivity contribution in [3.05, 3.63) is 0 Å². The average molecular weight is 529 g/mol. The SMILES string of the molecule is O=[P+](O[C@@H]1O[C@H](CO)[C@@H](O[C@@H]2O[C@H](CO)[C@@H](O)[C@H](O)[C@H]2O)[C@H](O)[C@H]1O)N(CCCl)CCCl. The third-order valence-electron chi connectivity index (χ3n) is 5.07. The lowest BCUT2D eigenvalue weighted by Gasteiger charge is -2.45. The molecule has 2 fully saturated rings. The van der Waals surface area contributed by atoms with E-state index in [9.17, 15) is 40.3 Å². The summed E-state index contributed by atoms with van der Waals surface area (Å²) in [4.78, 5) is 0. The zero-order valence-electron chi connectivity index (χ0n) is 16.8. The van der Waals surface area contributed by atoms with Gasteiger partial charge in [0.1, 0.15) is 48.8 Å². The van der Waals surface area contributed by atoms with E-state index in [0.29, 0.717) is 0 Å². The highest BCUT2D eigenvalue weighted by Gasteiger charge is 2.53. The van der Waals surface area contributed by atoms with E-state index in [1.54, 1.807) is 0 Å². The van der Waals surface area contributed by atoms with Crippen molar-refractivity contribution in [1.29, 1.82) is 0 Å². The lowest BCUT2D eigenvalue weighted by Crippen LogP contribution is -2.64. The van der Waals surface area contributed by atoms with Crippen molar-refractivity contribution in [3.8, 4) is 0 Å². The third-order valence-corrected chi connectivity index (χ3v) is 6.66. The van der Waals surface area contributed by atoms with Gasteiger partial charge in [0.25, 0.3) is 0 Å². The molecule has 0 aromatic carbocycles. The summed E-state index contributed by atoms with van der Waals surface area (Å²) in [5, 5.41) is 69.7. The van der Waals surface area contributed by atoms with Crippen molar-refractivity contribution in [1.82, 2.24) is 4.67 Å². The summed E-state index contributed by atoms with van der Waals surface area (Å²) in [5.41, 5.74) is 0. The van der Waals surface area contributed by atoms with E-state index in [-0.39, 0.29) is 24.8 Å². The zero-order valence-corrected chi connectivity index (χ0v) is 19.2. The molecule has 0 spiro atoms. The Bertz CT molecular complexity index is 587. The van der Waals surface area contributed by atoms with Crippen LogP contribution < -0.4 is 0 Å². The van der Waals surface area contributed by atoms with Crippen molar-refractivity contribution in [2.24, 2.45) is 0 Å². The number of nitrogens with zero attached hydrogens (tertiary/aromatic N) is 1. The Balaban J connectivity index is 2.09. The van der Waals surface area contributed by atoms with Crippen LogP contribution in [0.4, 0.5) is 0 Å². The fourth-order valence-electron chi connectivity index (χ4n) is 3.27. The van der Waals surface area contributed by atoms with Crippen LogP contribution in [-0.4, -0.2) is 140 Å². The molecule has 0 bridgehead atoms. The Labute approximate surface area is 194 Å². The van der Waals surface area contributed by atoms with E-state index < -0.39 is 82.8 Å². The molecule has 0 saturated carbocycles. The largest absolute Gasteiger partial charge is 0.618 e. The molecule has 11 atom stereocenters. The molecule has 2 aliphatic rings. The van der Waals surface area contributed by atoms with Gasteiger partial charge in [0.2, 0.25) is 6.29 Å². The lowest BCUT2D eigenvalue weighted by molar-refractivity contribution is -0.352. The average Bonchev–Trinajstić information content (AvgIpc) is 2.78. The normalized spacial score (nSPS) is 41.1. The maximum Gasteiger partial charge on any atom is 0.618 e. The van der Waals surface area contributed by atoms with Crippen LogP contribution >= 0.6 is 31.4 Å². The van der Waals surface area contributed by atoms with Gasteiger partial charge in [0, 0.05) is 11.8 Å². The lowest BCUT2D eigenvalue weighted by atomic mass is 9.97. The standard InChI is InChI=1S/C16H29Cl2NO12P/c17-1-3-19(4-2-18)32(27)31-16-13(26)11(24)14(8(6-21)29-16)30-15-12(25)10(23)9(22)7(5-20)28-15/h7-16,20-26H,1-6H2/q+1/t7-,8-,9-,10+,11-,12-,13-,14-,15+,16+/m1/s1. The van der Waals surface area contributed by atoms with Crippen LogP contribution in [0.2, 0.25) is 0 Å². The van der Waals surface area contributed by atoms with Gasteiger partial charge in [0.15, 0.2) is 6.29 Å². The Kier molecular flexibility index (Phi) is 11.8. The van der Waals surface area contributed by atoms with Gasteiger partial charge in [-0.3, -0.25) is 0 Å². The molecule has 188 valence electrons. The second-order valence-corrected chi connectivity index (χ2v) is 9.19. The van der Waals surface area contributed by atoms with Crippen molar-refractivity contribution in [2.75, 3.05) is 38.1 Å². The Morgan fingerprint density at radius 3 is 1.84 bits per heavy atom. The maximum atomic E-state index is 12.5. The molecule has 2 heterocycles. The van der Waals surface area contributed by atoms with E-state index in [0.717, 1.165) is 0 Å². The van der Waals surface area contributed by atoms with E-state index >= 15 is 0 Å². The van der Waals surface area contributed by atoms with E-state index in [2.05, 4.69) is 0 Å². The van der Waals surface area contributed by atoms with Gasteiger partial charge in [-0.15, -0.1) is 23.2 Å². The third kappa shape index (κ3) is 6.66. The first-order valence-electron chi connectivity index (χ1n) is 9.79. The van der Waals surface area contributed by atoms with Crippen LogP contribution in [0.25, 0.3) is 0 Å². The van der Waals surface area contributed by atoms with E-state index in [1.165, 1.54) is 4.67 Å². The summed E-state index contributed by atoms with van der Waals surface area (Å²) in [5.74, 6) is 0.263. The number of halogens is 2. The van der Waals surface area contributed by atoms with Gasteiger partial charge in [-0.2, -0.15) is 0 Å². The molecule has 2 aliphatic heterocycles. The smallest absolute Gasteiger partial charge is 0.394 e. The molecule has 0 aromatic heterocycles. The topological polar surface area (TPSA) is 199 Å². The molecule has 0 amide bonds. The van der Waals surface area contributed by atoms with Crippen molar-refractivity contribution in [2.45, 2.75) is 61.4 Å². The van der Waals surface area contributed by atoms with Crippen molar-refractivity contribution < 1.29 is 59.0 Å². The summed E-state index contributed by atoms with van der Waals surface area (Å²) < 4.78 is 35.0. The summed E-state index contributed by atoms with van der Waals surface area (Å²) in [6, 6.07) is 0. The fraction of sp³-hybridized carbons (Fsp3) is 1.00. The minimum Gasteiger partial charge on any atom is -0.394 e. The highest BCUT2D eigenvalue weighted by Crippen LogP contribution is 2.36. The van der Waals surface area contributed by atoms with Gasteiger partial charge in [-0.25, -0.2) is 0 Å². The first-order chi connectivity index (χ1) is 15.2. The molecule has 1 unspecified atom stereocenters. The molecule has 7 N–H and O–H groups in total. The number of aliphatic hydroxyl groups excluding tert-OH is 7. The number of ether oxygens (including phenoxy) is 3. The Morgan fingerprint density at radius 2 is 1.31 bits per heavy atom. The molecule has 32 heavy (non-hydrogen) atoms. The minimum atomic E-state index is -2.56. The van der Waals surface area contributed by atoms with E-state index in [4.69, 9.17) is 41.9 Å². The van der Waals surface area contributed by atoms with Gasteiger partial charge in [-0.1, -0.05) is 9.19 Å². The van der Waals surface area contributed by atoms with Crippen LogP contribution in [-0.2, 0) is 23.3 Å². The Hall–Kier alpha value is 0.200. The Morgan fingerprint density at radius 1 is 0.781 bits per heavy atom. The molecule has 0 aromatic rings. The minimum absolute atomic E-state index is 0.131. The number of rotatable bonds is 11. The summed E-state index contributed by atoms with van der Waals surface area (Å²) >= 11 is 11.3. The van der Waals surface area contributed by atoms with Crippen molar-refractivity contribution >= 4 is 31.4 Å². The highest BCUT2D eigenvalue weighted by molar-refractivity contribution is 7.36. The number of alkyl halides is 2. The molecule has 0 radical (unpaired) electrons. The van der Waals surface area contributed by atoms with Gasteiger partial charge in [0.05, 0.1) is 26.3 Å². The van der Waals surface area contributed by atoms with Gasteiger partial charge < -0.3 is 50.0 Å². The quantitative estimate of drug-likeness (QED) is 0.106. The number of hydrogen-bond donors (Lipinski definition) is 7. The molecule has 2 rings (SSSR count). The first-order valence-corrected chi connectivity index (χ1v) is 12.0. The summed E-state index contributed by atoms with van der Waals surface area (Å²) in [7, 11) is -2.56. The van der Waals surface area contributed by atoms with Crippen LogP contribution in [0, 0.1) is 0 Å². The van der Waals surface area contributed by atoms with Gasteiger partial charge in [-0.05, 0) is 4.57 Å². The van der Waals surface area contributed by atoms with E-state index in [1.807, 2.05) is 0 Å². The molecule has 16 heteroatoms. The maximum absolute atomic E-state index is 12.5. The fourth-order valence-corrected chi connectivity index (χ4v) is 4.92. The second kappa shape index (κ2) is 13.3. The molecular formula is C16H29Cl2NO12P+. The van der Waals surface area contributed by atoms with Crippen LogP contribution in [0.5, 0.6) is 0 Å². The molecule has 0 aliphatic carbocycles. The monoisotopic (exact) mass is 528 g/mol.